The van der Waals surface area contributed by atoms with Crippen molar-refractivity contribution in [3.63, 3.8) is 0 Å². The number of benzene rings is 2. The fraction of sp³-hybridized carbons (Fsp3) is 0.483. The van der Waals surface area contributed by atoms with E-state index in [1.807, 2.05) is 11.0 Å². The number of anilines is 1. The Balaban J connectivity index is 0.000000983. The number of carboxylic acids is 1. The van der Waals surface area contributed by atoms with Crippen LogP contribution in [-0.4, -0.2) is 45.6 Å². The van der Waals surface area contributed by atoms with Crippen LogP contribution in [0.15, 0.2) is 47.4 Å². The van der Waals surface area contributed by atoms with Crippen molar-refractivity contribution in [2.24, 2.45) is 0 Å². The minimum Gasteiger partial charge on any atom is -0.480 e. The molecule has 2 aromatic rings. The molecule has 10 heteroatoms. The summed E-state index contributed by atoms with van der Waals surface area (Å²) >= 11 is 1.47. The molecule has 2 aliphatic rings. The number of halogens is 3. The van der Waals surface area contributed by atoms with Crippen LogP contribution in [0.5, 0.6) is 0 Å². The minimum atomic E-state index is -2.83. The molecule has 0 radical (unpaired) electrons. The summed E-state index contributed by atoms with van der Waals surface area (Å²) in [7, 11) is 0. The van der Waals surface area contributed by atoms with Crippen molar-refractivity contribution in [2.75, 3.05) is 11.9 Å². The maximum atomic E-state index is 13.3. The molecular weight excluding hydrogens is 529 g/mol. The SMILES string of the molecule is CCCCCCCN(C(=O)Nc1ccc(F)cc1)C1Cc2ccc(SC3(C(=O)O)CCC3)cc2C1.O=C(F)F. The summed E-state index contributed by atoms with van der Waals surface area (Å²) in [5.41, 5.74) is 3.01. The lowest BCUT2D eigenvalue weighted by molar-refractivity contribution is -0.142. The first-order valence-electron chi connectivity index (χ1n) is 13.4. The molecule has 2 aliphatic carbocycles. The highest BCUT2D eigenvalue weighted by molar-refractivity contribution is 8.01. The van der Waals surface area contributed by atoms with Gasteiger partial charge < -0.3 is 15.3 Å². The molecule has 0 bridgehead atoms. The van der Waals surface area contributed by atoms with Crippen molar-refractivity contribution in [1.29, 1.82) is 0 Å². The molecule has 6 nitrogen and oxygen atoms in total. The largest absolute Gasteiger partial charge is 0.483 e. The molecule has 0 spiro atoms. The number of carbonyl (C=O) groups excluding carboxylic acids is 2. The molecule has 0 aromatic heterocycles. The lowest BCUT2D eigenvalue weighted by Crippen LogP contribution is -2.44. The van der Waals surface area contributed by atoms with Gasteiger partial charge in [0.25, 0.3) is 0 Å². The second-order valence-electron chi connectivity index (χ2n) is 10.0. The maximum Gasteiger partial charge on any atom is 0.483 e. The number of nitrogens with zero attached hydrogens (tertiary/aromatic N) is 1. The number of nitrogens with one attached hydrogen (secondary N) is 1. The molecule has 1 atom stereocenters. The van der Waals surface area contributed by atoms with E-state index in [0.29, 0.717) is 25.1 Å². The fourth-order valence-corrected chi connectivity index (χ4v) is 6.37. The zero-order valence-corrected chi connectivity index (χ0v) is 22.9. The van der Waals surface area contributed by atoms with Gasteiger partial charge in [-0.15, -0.1) is 20.5 Å². The monoisotopic (exact) mass is 564 g/mol. The van der Waals surface area contributed by atoms with E-state index in [1.165, 1.54) is 54.3 Å². The van der Waals surface area contributed by atoms with Gasteiger partial charge in [-0.2, -0.15) is 0 Å². The second kappa shape index (κ2) is 14.4. The predicted molar refractivity (Wildman–Crippen MR) is 146 cm³/mol. The fourth-order valence-electron chi connectivity index (χ4n) is 5.00. The van der Waals surface area contributed by atoms with Gasteiger partial charge >= 0.3 is 18.3 Å². The van der Waals surface area contributed by atoms with Gasteiger partial charge in [0.15, 0.2) is 0 Å². The van der Waals surface area contributed by atoms with Gasteiger partial charge in [0.1, 0.15) is 10.6 Å². The zero-order chi connectivity index (χ0) is 28.4. The third kappa shape index (κ3) is 8.74. The van der Waals surface area contributed by atoms with Crippen LogP contribution in [0.25, 0.3) is 0 Å². The summed E-state index contributed by atoms with van der Waals surface area (Å²) in [4.78, 5) is 36.1. The maximum absolute atomic E-state index is 13.3. The number of carboxylic acid groups (broad SMARTS) is 1. The molecule has 1 saturated carbocycles. The third-order valence-electron chi connectivity index (χ3n) is 7.25. The van der Waals surface area contributed by atoms with E-state index in [-0.39, 0.29) is 17.9 Å². The van der Waals surface area contributed by atoms with Crippen LogP contribution in [0, 0.1) is 5.82 Å². The Labute approximate surface area is 231 Å². The molecule has 1 unspecified atom stereocenters. The van der Waals surface area contributed by atoms with Gasteiger partial charge in [0, 0.05) is 23.2 Å². The van der Waals surface area contributed by atoms with Crippen LogP contribution in [0.4, 0.5) is 28.4 Å². The first-order valence-corrected chi connectivity index (χ1v) is 14.2. The highest BCUT2D eigenvalue weighted by Gasteiger charge is 2.45. The third-order valence-corrected chi connectivity index (χ3v) is 8.72. The first-order chi connectivity index (χ1) is 18.6. The van der Waals surface area contributed by atoms with Crippen molar-refractivity contribution < 1.29 is 32.7 Å². The average Bonchev–Trinajstić information content (AvgIpc) is 3.27. The Morgan fingerprint density at radius 2 is 1.64 bits per heavy atom. The van der Waals surface area contributed by atoms with Gasteiger partial charge in [-0.05, 0) is 86.1 Å². The number of carbonyl (C=O) groups is 3. The predicted octanol–water partition coefficient (Wildman–Crippen LogP) is 7.94. The molecule has 212 valence electrons. The molecule has 2 aromatic carbocycles. The summed E-state index contributed by atoms with van der Waals surface area (Å²) in [6, 6.07) is 12.0. The number of hydrogen-bond donors (Lipinski definition) is 2. The molecule has 4 rings (SSSR count). The topological polar surface area (TPSA) is 86.7 Å². The average molecular weight is 565 g/mol. The van der Waals surface area contributed by atoms with Crippen LogP contribution in [0.1, 0.15) is 69.4 Å². The Morgan fingerprint density at radius 3 is 2.23 bits per heavy atom. The Kier molecular flexibility index (Phi) is 11.3. The van der Waals surface area contributed by atoms with E-state index in [1.54, 1.807) is 12.1 Å². The summed E-state index contributed by atoms with van der Waals surface area (Å²) in [6.07, 6.45) is 6.68. The number of thioether (sulfide) groups is 1. The van der Waals surface area contributed by atoms with Gasteiger partial charge in [-0.3, -0.25) is 4.79 Å². The van der Waals surface area contributed by atoms with Crippen LogP contribution in [0.2, 0.25) is 0 Å². The lowest BCUT2D eigenvalue weighted by Gasteiger charge is -2.36. The molecule has 1 fully saturated rings. The number of rotatable bonds is 11. The van der Waals surface area contributed by atoms with E-state index >= 15 is 0 Å². The van der Waals surface area contributed by atoms with Crippen molar-refractivity contribution in [3.8, 4) is 0 Å². The zero-order valence-electron chi connectivity index (χ0n) is 22.1. The molecule has 0 saturated heterocycles. The van der Waals surface area contributed by atoms with Gasteiger partial charge in [-0.1, -0.05) is 38.7 Å². The van der Waals surface area contributed by atoms with Crippen LogP contribution in [0.3, 0.4) is 0 Å². The number of urea groups is 1. The van der Waals surface area contributed by atoms with E-state index in [9.17, 15) is 27.9 Å². The summed E-state index contributed by atoms with van der Waals surface area (Å²) in [5, 5.41) is 12.6. The summed E-state index contributed by atoms with van der Waals surface area (Å²) < 4.78 is 32.0. The number of unbranched alkanes of at least 4 members (excludes halogenated alkanes) is 4. The number of fused-ring (bicyclic) bond motifs is 1. The molecule has 0 heterocycles. The van der Waals surface area contributed by atoms with Crippen molar-refractivity contribution in [2.45, 2.75) is 86.8 Å². The van der Waals surface area contributed by atoms with E-state index in [4.69, 9.17) is 4.79 Å². The van der Waals surface area contributed by atoms with Crippen molar-refractivity contribution in [3.05, 3.63) is 59.4 Å². The highest BCUT2D eigenvalue weighted by Crippen LogP contribution is 2.48. The number of amides is 2. The quantitative estimate of drug-likeness (QED) is 0.214. The second-order valence-corrected chi connectivity index (χ2v) is 11.5. The van der Waals surface area contributed by atoms with E-state index < -0.39 is 17.0 Å². The van der Waals surface area contributed by atoms with Crippen LogP contribution < -0.4 is 5.32 Å². The first kappa shape index (κ1) is 30.5. The molecular formula is C29H35F3N2O4S. The number of hydrogen-bond acceptors (Lipinski definition) is 4. The normalized spacial score (nSPS) is 16.8. The van der Waals surface area contributed by atoms with Crippen LogP contribution >= 0.6 is 11.8 Å². The highest BCUT2D eigenvalue weighted by atomic mass is 32.2. The Bertz CT molecular complexity index is 1140. The lowest BCUT2D eigenvalue weighted by atomic mass is 9.84. The molecule has 39 heavy (non-hydrogen) atoms. The van der Waals surface area contributed by atoms with Gasteiger partial charge in [-0.25, -0.2) is 14.0 Å². The van der Waals surface area contributed by atoms with Crippen molar-refractivity contribution in [1.82, 2.24) is 4.90 Å². The number of aliphatic carboxylic acids is 1. The molecule has 2 amide bonds. The van der Waals surface area contributed by atoms with Gasteiger partial charge in [0.05, 0.1) is 0 Å². The van der Waals surface area contributed by atoms with Crippen LogP contribution in [-0.2, 0) is 17.6 Å². The van der Waals surface area contributed by atoms with E-state index in [2.05, 4.69) is 24.4 Å². The standard InChI is InChI=1S/C28H35FN2O3S.CF2O/c1-2-3-4-5-6-16-31(27(34)30-23-11-9-22(29)10-12-23)24-17-20-8-13-25(19-21(20)18-24)35-28(26(32)33)14-7-15-28;2-1(3)4/h8-13,19,24H,2-7,14-18H2,1H3,(H,30,34)(H,32,33);. The Hall–Kier alpha value is -3.01. The smallest absolute Gasteiger partial charge is 0.480 e. The van der Waals surface area contributed by atoms with Gasteiger partial charge in [0.2, 0.25) is 0 Å². The molecule has 2 N–H and O–H groups in total. The van der Waals surface area contributed by atoms with E-state index in [0.717, 1.165) is 37.0 Å². The summed E-state index contributed by atoms with van der Waals surface area (Å²) in [5.74, 6) is -1.05. The summed E-state index contributed by atoms with van der Waals surface area (Å²) in [6.45, 7) is 2.87. The van der Waals surface area contributed by atoms with Crippen molar-refractivity contribution >= 4 is 35.7 Å². The Morgan fingerprint density at radius 1 is 1.00 bits per heavy atom. The molecule has 0 aliphatic heterocycles. The minimum absolute atomic E-state index is 0.0500.